The van der Waals surface area contributed by atoms with Gasteiger partial charge in [0.25, 0.3) is 0 Å². The molecule has 1 heterocycles. The SMILES string of the molecule is CC(C)(O)c1ccc(Cl)s1. The number of thiophene rings is 1. The van der Waals surface area contributed by atoms with Crippen LogP contribution in [0.4, 0.5) is 0 Å². The summed E-state index contributed by atoms with van der Waals surface area (Å²) in [6, 6.07) is 3.63. The van der Waals surface area contributed by atoms with Crippen molar-refractivity contribution in [3.63, 3.8) is 0 Å². The number of halogens is 1. The Morgan fingerprint density at radius 3 is 2.30 bits per heavy atom. The molecule has 1 nitrogen and oxygen atoms in total. The average molecular weight is 177 g/mol. The molecule has 0 saturated heterocycles. The Labute approximate surface area is 69.3 Å². The predicted octanol–water partition coefficient (Wildman–Crippen LogP) is 2.63. The second kappa shape index (κ2) is 2.53. The molecule has 0 saturated carbocycles. The van der Waals surface area contributed by atoms with E-state index in [9.17, 15) is 5.11 Å². The second-order valence-electron chi connectivity index (χ2n) is 2.66. The maximum atomic E-state index is 9.45. The normalized spacial score (nSPS) is 12.0. The van der Waals surface area contributed by atoms with Crippen molar-refractivity contribution in [2.24, 2.45) is 0 Å². The molecule has 1 aromatic heterocycles. The van der Waals surface area contributed by atoms with E-state index in [0.29, 0.717) is 0 Å². The third kappa shape index (κ3) is 1.72. The van der Waals surface area contributed by atoms with E-state index in [-0.39, 0.29) is 0 Å². The minimum absolute atomic E-state index is 0.720. The van der Waals surface area contributed by atoms with E-state index in [0.717, 1.165) is 9.21 Å². The van der Waals surface area contributed by atoms with Gasteiger partial charge in [0.05, 0.1) is 9.94 Å². The molecule has 0 fully saturated rings. The summed E-state index contributed by atoms with van der Waals surface area (Å²) in [4.78, 5) is 0.900. The Bertz CT molecular complexity index is 224. The Balaban J connectivity index is 2.96. The minimum atomic E-state index is -0.752. The molecule has 1 N–H and O–H groups in total. The Morgan fingerprint density at radius 2 is 2.10 bits per heavy atom. The van der Waals surface area contributed by atoms with Crippen LogP contribution in [0.1, 0.15) is 18.7 Å². The van der Waals surface area contributed by atoms with Crippen LogP contribution in [-0.2, 0) is 5.60 Å². The maximum Gasteiger partial charge on any atom is 0.0932 e. The molecule has 0 aliphatic carbocycles. The van der Waals surface area contributed by atoms with Gasteiger partial charge in [-0.25, -0.2) is 0 Å². The van der Waals surface area contributed by atoms with Gasteiger partial charge in [0.15, 0.2) is 0 Å². The number of rotatable bonds is 1. The lowest BCUT2D eigenvalue weighted by atomic mass is 10.1. The monoisotopic (exact) mass is 176 g/mol. The number of aliphatic hydroxyl groups is 1. The summed E-state index contributed by atoms with van der Waals surface area (Å²) in [6.45, 7) is 3.49. The zero-order chi connectivity index (χ0) is 7.78. The van der Waals surface area contributed by atoms with Crippen LogP contribution in [0.5, 0.6) is 0 Å². The molecule has 0 aliphatic rings. The summed E-state index contributed by atoms with van der Waals surface area (Å²) in [5.74, 6) is 0. The quantitative estimate of drug-likeness (QED) is 0.698. The molecule has 0 radical (unpaired) electrons. The van der Waals surface area contributed by atoms with Crippen molar-refractivity contribution in [1.29, 1.82) is 0 Å². The summed E-state index contributed by atoms with van der Waals surface area (Å²) in [7, 11) is 0. The fourth-order valence-corrected chi connectivity index (χ4v) is 1.69. The summed E-state index contributed by atoms with van der Waals surface area (Å²) in [6.07, 6.45) is 0. The van der Waals surface area contributed by atoms with E-state index in [1.54, 1.807) is 19.9 Å². The highest BCUT2D eigenvalue weighted by atomic mass is 35.5. The van der Waals surface area contributed by atoms with Gasteiger partial charge in [-0.2, -0.15) is 0 Å². The van der Waals surface area contributed by atoms with E-state index in [1.165, 1.54) is 11.3 Å². The Morgan fingerprint density at radius 1 is 1.50 bits per heavy atom. The van der Waals surface area contributed by atoms with Crippen LogP contribution in [-0.4, -0.2) is 5.11 Å². The maximum absolute atomic E-state index is 9.45. The van der Waals surface area contributed by atoms with Crippen molar-refractivity contribution in [2.45, 2.75) is 19.4 Å². The van der Waals surface area contributed by atoms with Gasteiger partial charge >= 0.3 is 0 Å². The molecule has 0 atom stereocenters. The lowest BCUT2D eigenvalue weighted by Gasteiger charge is -2.13. The average Bonchev–Trinajstić information content (AvgIpc) is 2.11. The smallest absolute Gasteiger partial charge is 0.0932 e. The molecule has 0 spiro atoms. The number of hydrogen-bond donors (Lipinski definition) is 1. The molecule has 0 amide bonds. The molecule has 1 rings (SSSR count). The van der Waals surface area contributed by atoms with Gasteiger partial charge in [-0.15, -0.1) is 11.3 Å². The van der Waals surface area contributed by atoms with Crippen LogP contribution in [0, 0.1) is 0 Å². The first-order chi connectivity index (χ1) is 4.50. The van der Waals surface area contributed by atoms with Crippen molar-refractivity contribution < 1.29 is 5.11 Å². The largest absolute Gasteiger partial charge is 0.385 e. The minimum Gasteiger partial charge on any atom is -0.385 e. The van der Waals surface area contributed by atoms with Gasteiger partial charge in [-0.3, -0.25) is 0 Å². The van der Waals surface area contributed by atoms with Crippen LogP contribution in [0.2, 0.25) is 4.34 Å². The third-order valence-corrected chi connectivity index (χ3v) is 2.72. The third-order valence-electron chi connectivity index (χ3n) is 1.18. The van der Waals surface area contributed by atoms with Crippen LogP contribution >= 0.6 is 22.9 Å². The molecule has 3 heteroatoms. The Kier molecular flexibility index (Phi) is 2.04. The molecular weight excluding hydrogens is 168 g/mol. The summed E-state index contributed by atoms with van der Waals surface area (Å²) >= 11 is 7.08. The fourth-order valence-electron chi connectivity index (χ4n) is 0.643. The highest BCUT2D eigenvalue weighted by Crippen LogP contribution is 2.29. The second-order valence-corrected chi connectivity index (χ2v) is 4.38. The Hall–Kier alpha value is -0.0500. The zero-order valence-electron chi connectivity index (χ0n) is 5.89. The lowest BCUT2D eigenvalue weighted by molar-refractivity contribution is 0.0825. The van der Waals surface area contributed by atoms with Crippen molar-refractivity contribution in [3.8, 4) is 0 Å². The molecule has 56 valence electrons. The standard InChI is InChI=1S/C7H9ClOS/c1-7(2,9)5-3-4-6(8)10-5/h3-4,9H,1-2H3. The van der Waals surface area contributed by atoms with E-state index in [1.807, 2.05) is 6.07 Å². The molecule has 10 heavy (non-hydrogen) atoms. The molecular formula is C7H9ClOS. The summed E-state index contributed by atoms with van der Waals surface area (Å²) in [5, 5.41) is 9.45. The molecule has 0 aromatic carbocycles. The van der Waals surface area contributed by atoms with Crippen molar-refractivity contribution >= 4 is 22.9 Å². The lowest BCUT2D eigenvalue weighted by Crippen LogP contribution is -2.12. The summed E-state index contributed by atoms with van der Waals surface area (Å²) in [5.41, 5.74) is -0.752. The van der Waals surface area contributed by atoms with Gasteiger partial charge in [-0.1, -0.05) is 11.6 Å². The van der Waals surface area contributed by atoms with Crippen molar-refractivity contribution in [1.82, 2.24) is 0 Å². The fraction of sp³-hybridized carbons (Fsp3) is 0.429. The highest BCUT2D eigenvalue weighted by molar-refractivity contribution is 7.16. The van der Waals surface area contributed by atoms with E-state index in [2.05, 4.69) is 0 Å². The molecule has 0 bridgehead atoms. The molecule has 0 unspecified atom stereocenters. The predicted molar refractivity (Wildman–Crippen MR) is 44.6 cm³/mol. The molecule has 0 aliphatic heterocycles. The number of hydrogen-bond acceptors (Lipinski definition) is 2. The summed E-state index contributed by atoms with van der Waals surface area (Å²) < 4.78 is 0.720. The highest BCUT2D eigenvalue weighted by Gasteiger charge is 2.17. The van der Waals surface area contributed by atoms with Crippen LogP contribution < -0.4 is 0 Å². The van der Waals surface area contributed by atoms with Gasteiger partial charge in [0.1, 0.15) is 0 Å². The first kappa shape index (κ1) is 8.05. The first-order valence-electron chi connectivity index (χ1n) is 2.98. The van der Waals surface area contributed by atoms with Gasteiger partial charge < -0.3 is 5.11 Å². The van der Waals surface area contributed by atoms with E-state index >= 15 is 0 Å². The van der Waals surface area contributed by atoms with Gasteiger partial charge in [0, 0.05) is 4.88 Å². The van der Waals surface area contributed by atoms with E-state index in [4.69, 9.17) is 11.6 Å². The van der Waals surface area contributed by atoms with Crippen molar-refractivity contribution in [3.05, 3.63) is 21.3 Å². The topological polar surface area (TPSA) is 20.2 Å². The van der Waals surface area contributed by atoms with Gasteiger partial charge in [0.2, 0.25) is 0 Å². The van der Waals surface area contributed by atoms with Crippen LogP contribution in [0.3, 0.4) is 0 Å². The molecule has 1 aromatic rings. The van der Waals surface area contributed by atoms with Crippen molar-refractivity contribution in [2.75, 3.05) is 0 Å². The van der Waals surface area contributed by atoms with E-state index < -0.39 is 5.60 Å². The van der Waals surface area contributed by atoms with Crippen LogP contribution in [0.25, 0.3) is 0 Å². The van der Waals surface area contributed by atoms with Gasteiger partial charge in [-0.05, 0) is 26.0 Å². The zero-order valence-corrected chi connectivity index (χ0v) is 7.46. The van der Waals surface area contributed by atoms with Crippen LogP contribution in [0.15, 0.2) is 12.1 Å². The first-order valence-corrected chi connectivity index (χ1v) is 4.18.